The predicted molar refractivity (Wildman–Crippen MR) is 111 cm³/mol. The third kappa shape index (κ3) is 2.79. The van der Waals surface area contributed by atoms with Gasteiger partial charge in [-0.2, -0.15) is 0 Å². The first kappa shape index (κ1) is 17.9. The summed E-state index contributed by atoms with van der Waals surface area (Å²) in [7, 11) is 3.17. The zero-order chi connectivity index (χ0) is 20.7. The monoisotopic (exact) mass is 402 g/mol. The van der Waals surface area contributed by atoms with E-state index in [4.69, 9.17) is 9.47 Å². The summed E-state index contributed by atoms with van der Waals surface area (Å²) in [4.78, 5) is 29.0. The van der Waals surface area contributed by atoms with Gasteiger partial charge in [0.1, 0.15) is 28.4 Å². The van der Waals surface area contributed by atoms with E-state index in [1.165, 1.54) is 0 Å². The highest BCUT2D eigenvalue weighted by molar-refractivity contribution is 5.73. The molecule has 9 nitrogen and oxygen atoms in total. The highest BCUT2D eigenvalue weighted by Crippen LogP contribution is 2.29. The minimum absolute atomic E-state index is 0.232. The van der Waals surface area contributed by atoms with Crippen LogP contribution in [0.2, 0.25) is 0 Å². The van der Waals surface area contributed by atoms with Crippen LogP contribution in [0.25, 0.3) is 28.3 Å². The summed E-state index contributed by atoms with van der Waals surface area (Å²) in [6.07, 6.45) is 5.22. The molecule has 4 aromatic heterocycles. The molecule has 0 atom stereocenters. The van der Waals surface area contributed by atoms with Crippen molar-refractivity contribution < 1.29 is 9.47 Å². The molecule has 4 heterocycles. The van der Waals surface area contributed by atoms with Crippen molar-refractivity contribution >= 4 is 16.8 Å². The maximum Gasteiger partial charge on any atom is 0.328 e. The lowest BCUT2D eigenvalue weighted by molar-refractivity contribution is 0.383. The number of hydrogen-bond acceptors (Lipinski definition) is 6. The van der Waals surface area contributed by atoms with Crippen LogP contribution in [0, 0.1) is 0 Å². The Morgan fingerprint density at radius 3 is 2.57 bits per heavy atom. The van der Waals surface area contributed by atoms with E-state index in [0.29, 0.717) is 28.5 Å². The van der Waals surface area contributed by atoms with E-state index in [9.17, 15) is 4.79 Å². The fraction of sp³-hybridized carbons (Fsp3) is 0.143. The van der Waals surface area contributed by atoms with Crippen LogP contribution in [0.3, 0.4) is 0 Å². The molecule has 0 saturated carbocycles. The van der Waals surface area contributed by atoms with Crippen molar-refractivity contribution in [3.63, 3.8) is 0 Å². The minimum Gasteiger partial charge on any atom is -0.496 e. The first-order valence-corrected chi connectivity index (χ1v) is 9.27. The van der Waals surface area contributed by atoms with Crippen molar-refractivity contribution in [2.24, 2.45) is 0 Å². The zero-order valence-electron chi connectivity index (χ0n) is 16.4. The molecule has 5 rings (SSSR count). The average molecular weight is 402 g/mol. The van der Waals surface area contributed by atoms with E-state index < -0.39 is 0 Å². The van der Waals surface area contributed by atoms with Gasteiger partial charge in [0.2, 0.25) is 0 Å². The van der Waals surface area contributed by atoms with Crippen molar-refractivity contribution in [2.45, 2.75) is 6.54 Å². The molecular weight excluding hydrogens is 384 g/mol. The molecule has 9 heteroatoms. The van der Waals surface area contributed by atoms with Gasteiger partial charge in [-0.15, -0.1) is 0 Å². The molecule has 0 radical (unpaired) electrons. The molecule has 0 aliphatic heterocycles. The molecule has 0 fully saturated rings. The minimum atomic E-state index is -0.289. The standard InChI is InChI=1S/C21H18N6O3/c1-29-16-6-5-7-17(30-2)13(16)12-27-20-14(24-21(27)28)10-23-19(25-20)15-11-22-18-8-3-4-9-26(15)18/h3-11H,12H2,1-2H3,(H,24,28). The number of fused-ring (bicyclic) bond motifs is 2. The Hall–Kier alpha value is -4.14. The second-order valence-electron chi connectivity index (χ2n) is 6.66. The number of hydrogen-bond donors (Lipinski definition) is 1. The highest BCUT2D eigenvalue weighted by atomic mass is 16.5. The predicted octanol–water partition coefficient (Wildman–Crippen LogP) is 2.50. The van der Waals surface area contributed by atoms with E-state index in [1.807, 2.05) is 47.0 Å². The number of nitrogens with zero attached hydrogens (tertiary/aromatic N) is 5. The van der Waals surface area contributed by atoms with Crippen LogP contribution >= 0.6 is 0 Å². The molecule has 1 aromatic carbocycles. The van der Waals surface area contributed by atoms with Crippen LogP contribution in [0.1, 0.15) is 5.56 Å². The molecule has 1 N–H and O–H groups in total. The summed E-state index contributed by atoms with van der Waals surface area (Å²) in [6.45, 7) is 0.232. The molecule has 30 heavy (non-hydrogen) atoms. The summed E-state index contributed by atoms with van der Waals surface area (Å²) in [5, 5.41) is 0. The summed E-state index contributed by atoms with van der Waals surface area (Å²) in [6, 6.07) is 11.2. The van der Waals surface area contributed by atoms with Crippen LogP contribution in [0.5, 0.6) is 11.5 Å². The van der Waals surface area contributed by atoms with Crippen molar-refractivity contribution in [2.75, 3.05) is 14.2 Å². The van der Waals surface area contributed by atoms with Gasteiger partial charge in [0.15, 0.2) is 11.5 Å². The number of methoxy groups -OCH3 is 2. The Balaban J connectivity index is 1.66. The molecule has 0 spiro atoms. The van der Waals surface area contributed by atoms with E-state index in [1.54, 1.807) is 31.2 Å². The van der Waals surface area contributed by atoms with E-state index >= 15 is 0 Å². The third-order valence-corrected chi connectivity index (χ3v) is 5.00. The second-order valence-corrected chi connectivity index (χ2v) is 6.66. The fourth-order valence-corrected chi connectivity index (χ4v) is 3.56. The molecule has 5 aromatic rings. The molecule has 0 aliphatic carbocycles. The van der Waals surface area contributed by atoms with Crippen LogP contribution in [-0.2, 0) is 6.54 Å². The number of ether oxygens (including phenoxy) is 2. The van der Waals surface area contributed by atoms with Gasteiger partial charge < -0.3 is 14.5 Å². The number of benzene rings is 1. The maximum atomic E-state index is 12.7. The van der Waals surface area contributed by atoms with Crippen LogP contribution < -0.4 is 15.2 Å². The Kier molecular flexibility index (Phi) is 4.20. The van der Waals surface area contributed by atoms with Gasteiger partial charge in [-0.25, -0.2) is 19.7 Å². The molecule has 150 valence electrons. The summed E-state index contributed by atoms with van der Waals surface area (Å²) >= 11 is 0. The molecule has 0 amide bonds. The topological polar surface area (TPSA) is 99.3 Å². The Labute approximate surface area is 170 Å². The average Bonchev–Trinajstić information content (AvgIpc) is 3.34. The zero-order valence-corrected chi connectivity index (χ0v) is 16.4. The highest BCUT2D eigenvalue weighted by Gasteiger charge is 2.17. The van der Waals surface area contributed by atoms with Crippen molar-refractivity contribution in [3.8, 4) is 23.0 Å². The lowest BCUT2D eigenvalue weighted by Crippen LogP contribution is -2.18. The van der Waals surface area contributed by atoms with Crippen LogP contribution in [0.15, 0.2) is 59.8 Å². The second kappa shape index (κ2) is 7.03. The SMILES string of the molecule is COc1cccc(OC)c1Cn1c(=O)[nH]c2cnc(-c3cnc4ccccn34)nc21. The quantitative estimate of drug-likeness (QED) is 0.485. The van der Waals surface area contributed by atoms with Gasteiger partial charge in [0, 0.05) is 6.20 Å². The number of pyridine rings is 1. The van der Waals surface area contributed by atoms with Gasteiger partial charge in [-0.3, -0.25) is 8.97 Å². The van der Waals surface area contributed by atoms with Gasteiger partial charge in [-0.05, 0) is 24.3 Å². The van der Waals surface area contributed by atoms with Crippen molar-refractivity contribution in [1.82, 2.24) is 28.9 Å². The van der Waals surface area contributed by atoms with Gasteiger partial charge >= 0.3 is 5.69 Å². The van der Waals surface area contributed by atoms with Crippen molar-refractivity contribution in [1.29, 1.82) is 0 Å². The molecule has 0 aliphatic rings. The molecule has 0 bridgehead atoms. The molecular formula is C21H18N6O3. The normalized spacial score (nSPS) is 11.3. The number of aromatic amines is 1. The van der Waals surface area contributed by atoms with Crippen LogP contribution in [-0.4, -0.2) is 43.1 Å². The number of nitrogens with one attached hydrogen (secondary N) is 1. The number of aromatic nitrogens is 6. The van der Waals surface area contributed by atoms with Gasteiger partial charge in [0.25, 0.3) is 0 Å². The van der Waals surface area contributed by atoms with E-state index in [-0.39, 0.29) is 12.2 Å². The van der Waals surface area contributed by atoms with E-state index in [2.05, 4.69) is 19.9 Å². The first-order chi connectivity index (χ1) is 14.7. The largest absolute Gasteiger partial charge is 0.496 e. The molecule has 0 saturated heterocycles. The smallest absolute Gasteiger partial charge is 0.328 e. The lowest BCUT2D eigenvalue weighted by Gasteiger charge is -2.13. The van der Waals surface area contributed by atoms with Crippen molar-refractivity contribution in [3.05, 3.63) is 71.0 Å². The van der Waals surface area contributed by atoms with Gasteiger partial charge in [-0.1, -0.05) is 12.1 Å². The Morgan fingerprint density at radius 2 is 1.80 bits per heavy atom. The fourth-order valence-electron chi connectivity index (χ4n) is 3.56. The number of rotatable bonds is 5. The summed E-state index contributed by atoms with van der Waals surface area (Å²) in [5.74, 6) is 1.74. The van der Waals surface area contributed by atoms with Crippen LogP contribution in [0.4, 0.5) is 0 Å². The number of H-pyrrole nitrogens is 1. The first-order valence-electron chi connectivity index (χ1n) is 9.27. The van der Waals surface area contributed by atoms with E-state index in [0.717, 1.165) is 16.9 Å². The maximum absolute atomic E-state index is 12.7. The van der Waals surface area contributed by atoms with Gasteiger partial charge in [0.05, 0.1) is 38.7 Å². The Morgan fingerprint density at radius 1 is 1.00 bits per heavy atom. The Bertz CT molecular complexity index is 1410. The summed E-state index contributed by atoms with van der Waals surface area (Å²) in [5.41, 5.74) is 3.03. The molecule has 0 unspecified atom stereocenters. The lowest BCUT2D eigenvalue weighted by atomic mass is 10.1. The number of imidazole rings is 2. The third-order valence-electron chi connectivity index (χ3n) is 5.00. The summed E-state index contributed by atoms with van der Waals surface area (Å²) < 4.78 is 14.4.